The minimum atomic E-state index is -0.224. The lowest BCUT2D eigenvalue weighted by Crippen LogP contribution is -2.44. The minimum Gasteiger partial charge on any atom is -0.350 e. The van der Waals surface area contributed by atoms with Crippen LogP contribution in [0.4, 0.5) is 0 Å². The van der Waals surface area contributed by atoms with Gasteiger partial charge in [-0.15, -0.1) is 0 Å². The Morgan fingerprint density at radius 3 is 2.41 bits per heavy atom. The summed E-state index contributed by atoms with van der Waals surface area (Å²) in [4.78, 5) is 28.3. The Hall–Kier alpha value is -2.50. The van der Waals surface area contributed by atoms with Crippen molar-refractivity contribution in [2.75, 3.05) is 26.3 Å². The third-order valence-electron chi connectivity index (χ3n) is 5.95. The molecule has 5 nitrogen and oxygen atoms in total. The zero-order chi connectivity index (χ0) is 20.4. The highest BCUT2D eigenvalue weighted by molar-refractivity contribution is 6.15. The largest absolute Gasteiger partial charge is 0.350 e. The fraction of sp³-hybridized carbons (Fsp3) is 0.417. The number of ether oxygens (including phenoxy) is 2. The SMILES string of the molecule is Cc1ccc(C(=O)c2ccccc2C(=O)N2CCCC(C3OCCO3)C2)cc1C. The zero-order valence-electron chi connectivity index (χ0n) is 17.0. The van der Waals surface area contributed by atoms with Gasteiger partial charge in [-0.2, -0.15) is 0 Å². The topological polar surface area (TPSA) is 55.8 Å². The van der Waals surface area contributed by atoms with E-state index in [1.165, 1.54) is 0 Å². The monoisotopic (exact) mass is 393 g/mol. The lowest BCUT2D eigenvalue weighted by Gasteiger charge is -2.35. The third-order valence-corrected chi connectivity index (χ3v) is 5.95. The number of benzene rings is 2. The Morgan fingerprint density at radius 1 is 0.966 bits per heavy atom. The van der Waals surface area contributed by atoms with Gasteiger partial charge in [0.1, 0.15) is 0 Å². The fourth-order valence-electron chi connectivity index (χ4n) is 4.14. The van der Waals surface area contributed by atoms with E-state index in [1.807, 2.05) is 49.1 Å². The van der Waals surface area contributed by atoms with Crippen LogP contribution in [0.25, 0.3) is 0 Å². The van der Waals surface area contributed by atoms with Gasteiger partial charge >= 0.3 is 0 Å². The van der Waals surface area contributed by atoms with Gasteiger partial charge in [-0.3, -0.25) is 9.59 Å². The van der Waals surface area contributed by atoms with E-state index in [9.17, 15) is 9.59 Å². The van der Waals surface area contributed by atoms with Gasteiger partial charge in [0.05, 0.1) is 18.8 Å². The number of hydrogen-bond acceptors (Lipinski definition) is 4. The van der Waals surface area contributed by atoms with E-state index in [0.717, 1.165) is 24.0 Å². The molecule has 0 bridgehead atoms. The van der Waals surface area contributed by atoms with Crippen molar-refractivity contribution in [1.82, 2.24) is 4.90 Å². The first-order chi connectivity index (χ1) is 14.0. The Balaban J connectivity index is 1.57. The predicted molar refractivity (Wildman–Crippen MR) is 110 cm³/mol. The van der Waals surface area contributed by atoms with Gasteiger partial charge in [0, 0.05) is 30.1 Å². The maximum atomic E-state index is 13.3. The van der Waals surface area contributed by atoms with Crippen molar-refractivity contribution in [3.8, 4) is 0 Å². The Bertz CT molecular complexity index is 917. The highest BCUT2D eigenvalue weighted by Crippen LogP contribution is 2.27. The van der Waals surface area contributed by atoms with Crippen LogP contribution in [0.3, 0.4) is 0 Å². The summed E-state index contributed by atoms with van der Waals surface area (Å²) < 4.78 is 11.3. The molecule has 5 heteroatoms. The van der Waals surface area contributed by atoms with Crippen molar-refractivity contribution >= 4 is 11.7 Å². The average Bonchev–Trinajstić information content (AvgIpc) is 3.30. The molecule has 1 atom stereocenters. The number of piperidine rings is 1. The highest BCUT2D eigenvalue weighted by atomic mass is 16.7. The van der Waals surface area contributed by atoms with E-state index in [-0.39, 0.29) is 23.9 Å². The van der Waals surface area contributed by atoms with Gasteiger partial charge in [-0.1, -0.05) is 30.3 Å². The number of hydrogen-bond donors (Lipinski definition) is 0. The molecular weight excluding hydrogens is 366 g/mol. The maximum absolute atomic E-state index is 13.3. The summed E-state index contributed by atoms with van der Waals surface area (Å²) in [6, 6.07) is 12.8. The first-order valence-electron chi connectivity index (χ1n) is 10.3. The molecule has 152 valence electrons. The van der Waals surface area contributed by atoms with Crippen LogP contribution in [0.5, 0.6) is 0 Å². The molecule has 4 rings (SSSR count). The molecule has 1 amide bonds. The van der Waals surface area contributed by atoms with Crippen molar-refractivity contribution < 1.29 is 19.1 Å². The Kier molecular flexibility index (Phi) is 5.79. The van der Waals surface area contributed by atoms with Crippen molar-refractivity contribution in [1.29, 1.82) is 0 Å². The summed E-state index contributed by atoms with van der Waals surface area (Å²) in [6.07, 6.45) is 1.67. The molecule has 0 radical (unpaired) electrons. The average molecular weight is 393 g/mol. The second-order valence-corrected chi connectivity index (χ2v) is 7.94. The zero-order valence-corrected chi connectivity index (χ0v) is 17.0. The summed E-state index contributed by atoms with van der Waals surface area (Å²) >= 11 is 0. The van der Waals surface area contributed by atoms with E-state index < -0.39 is 0 Å². The smallest absolute Gasteiger partial charge is 0.254 e. The molecule has 29 heavy (non-hydrogen) atoms. The number of ketones is 1. The Morgan fingerprint density at radius 2 is 1.69 bits per heavy atom. The van der Waals surface area contributed by atoms with Crippen LogP contribution in [-0.4, -0.2) is 49.2 Å². The molecule has 0 saturated carbocycles. The molecule has 0 spiro atoms. The molecule has 2 heterocycles. The maximum Gasteiger partial charge on any atom is 0.254 e. The van der Waals surface area contributed by atoms with Crippen LogP contribution in [-0.2, 0) is 9.47 Å². The predicted octanol–water partition coefficient (Wildman–Crippen LogP) is 3.76. The molecule has 2 aliphatic rings. The first-order valence-corrected chi connectivity index (χ1v) is 10.3. The molecule has 2 aromatic carbocycles. The summed E-state index contributed by atoms with van der Waals surface area (Å²) in [5, 5.41) is 0. The van der Waals surface area contributed by atoms with Crippen molar-refractivity contribution in [3.05, 3.63) is 70.3 Å². The van der Waals surface area contributed by atoms with E-state index in [0.29, 0.717) is 43.0 Å². The van der Waals surface area contributed by atoms with Gasteiger partial charge < -0.3 is 14.4 Å². The lowest BCUT2D eigenvalue weighted by molar-refractivity contribution is -0.0969. The first kappa shape index (κ1) is 19.8. The van der Waals surface area contributed by atoms with Crippen molar-refractivity contribution in [2.24, 2.45) is 5.92 Å². The molecule has 2 aromatic rings. The van der Waals surface area contributed by atoms with Crippen LogP contribution in [0.1, 0.15) is 50.2 Å². The summed E-state index contributed by atoms with van der Waals surface area (Å²) in [6.45, 7) is 6.52. The van der Waals surface area contributed by atoms with E-state index >= 15 is 0 Å². The van der Waals surface area contributed by atoms with Crippen LogP contribution in [0.2, 0.25) is 0 Å². The summed E-state index contributed by atoms with van der Waals surface area (Å²) in [5.74, 6) is -0.0358. The molecule has 0 aromatic heterocycles. The number of likely N-dealkylation sites (tertiary alicyclic amines) is 1. The normalized spacial score (nSPS) is 20.1. The van der Waals surface area contributed by atoms with E-state index in [1.54, 1.807) is 12.1 Å². The second-order valence-electron chi connectivity index (χ2n) is 7.94. The van der Waals surface area contributed by atoms with Gasteiger partial charge in [-0.05, 0) is 49.9 Å². The molecule has 2 saturated heterocycles. The van der Waals surface area contributed by atoms with Crippen molar-refractivity contribution in [3.63, 3.8) is 0 Å². The molecule has 0 aliphatic carbocycles. The molecule has 1 unspecified atom stereocenters. The molecular formula is C24H27NO4. The number of aryl methyl sites for hydroxylation is 2. The van der Waals surface area contributed by atoms with E-state index in [2.05, 4.69) is 0 Å². The van der Waals surface area contributed by atoms with Gasteiger partial charge in [0.15, 0.2) is 12.1 Å². The third kappa shape index (κ3) is 4.11. The van der Waals surface area contributed by atoms with Crippen LogP contribution >= 0.6 is 0 Å². The van der Waals surface area contributed by atoms with Crippen LogP contribution < -0.4 is 0 Å². The van der Waals surface area contributed by atoms with Crippen LogP contribution in [0.15, 0.2) is 42.5 Å². The standard InChI is InChI=1S/C24H27NO4/c1-16-9-10-18(14-17(16)2)22(26)20-7-3-4-8-21(20)23(27)25-11-5-6-19(15-25)24-28-12-13-29-24/h3-4,7-10,14,19,24H,5-6,11-13,15H2,1-2H3. The van der Waals surface area contributed by atoms with Gasteiger partial charge in [0.25, 0.3) is 5.91 Å². The molecule has 2 aliphatic heterocycles. The fourth-order valence-corrected chi connectivity index (χ4v) is 4.14. The molecule has 2 fully saturated rings. The summed E-state index contributed by atoms with van der Waals surface area (Å²) in [5.41, 5.74) is 3.73. The van der Waals surface area contributed by atoms with E-state index in [4.69, 9.17) is 9.47 Å². The lowest BCUT2D eigenvalue weighted by atomic mass is 9.93. The second kappa shape index (κ2) is 8.47. The number of amides is 1. The van der Waals surface area contributed by atoms with Gasteiger partial charge in [-0.25, -0.2) is 0 Å². The molecule has 0 N–H and O–H groups in total. The number of carbonyl (C=O) groups excluding carboxylic acids is 2. The number of carbonyl (C=O) groups is 2. The number of nitrogens with zero attached hydrogens (tertiary/aromatic N) is 1. The summed E-state index contributed by atoms with van der Waals surface area (Å²) in [7, 11) is 0. The van der Waals surface area contributed by atoms with Gasteiger partial charge in [0.2, 0.25) is 0 Å². The van der Waals surface area contributed by atoms with Crippen molar-refractivity contribution in [2.45, 2.75) is 33.0 Å². The quantitative estimate of drug-likeness (QED) is 0.742. The Labute approximate surface area is 171 Å². The highest BCUT2D eigenvalue weighted by Gasteiger charge is 2.34. The van der Waals surface area contributed by atoms with Crippen LogP contribution in [0, 0.1) is 19.8 Å². The minimum absolute atomic E-state index is 0.0968. The number of rotatable bonds is 4.